The predicted molar refractivity (Wildman–Crippen MR) is 133 cm³/mol. The first kappa shape index (κ1) is 22.9. The number of rotatable bonds is 8. The van der Waals surface area contributed by atoms with E-state index >= 15 is 0 Å². The zero-order valence-electron chi connectivity index (χ0n) is 18.4. The van der Waals surface area contributed by atoms with Crippen LogP contribution in [0.4, 0.5) is 5.82 Å². The summed E-state index contributed by atoms with van der Waals surface area (Å²) < 4.78 is 7.70. The van der Waals surface area contributed by atoms with Gasteiger partial charge < -0.3 is 10.1 Å². The first-order valence-electron chi connectivity index (χ1n) is 11.1. The molecule has 9 heteroatoms. The Labute approximate surface area is 197 Å². The van der Waals surface area contributed by atoms with Gasteiger partial charge in [0.2, 0.25) is 0 Å². The minimum absolute atomic E-state index is 0.0172. The average Bonchev–Trinajstić information content (AvgIpc) is 3.38. The van der Waals surface area contributed by atoms with Crippen LogP contribution in [0.25, 0.3) is 11.7 Å². The van der Waals surface area contributed by atoms with Gasteiger partial charge in [-0.05, 0) is 43.9 Å². The Morgan fingerprint density at radius 1 is 1.38 bits per heavy atom. The van der Waals surface area contributed by atoms with Gasteiger partial charge in [-0.1, -0.05) is 49.8 Å². The lowest BCUT2D eigenvalue weighted by molar-refractivity contribution is -0.123. The summed E-state index contributed by atoms with van der Waals surface area (Å²) in [6.45, 7) is 5.97. The van der Waals surface area contributed by atoms with Crippen molar-refractivity contribution in [2.75, 3.05) is 25.0 Å². The Hall–Kier alpha value is -2.23. The summed E-state index contributed by atoms with van der Waals surface area (Å²) in [7, 11) is 0. The Kier molecular flexibility index (Phi) is 7.27. The van der Waals surface area contributed by atoms with Gasteiger partial charge in [-0.3, -0.25) is 18.9 Å². The standard InChI is InChI=1S/C23H28N4O3S2/c1-3-4-5-10-24-19-17(21(28)26-11-6-8-15(2)20(26)25-19)13-18-22(29)27(23(31)32-18)14-16-9-7-12-30-16/h6,8,11,13,16,24H,3-5,7,9-10,12,14H2,1-2H3. The highest BCUT2D eigenvalue weighted by Gasteiger charge is 2.35. The molecule has 0 aromatic carbocycles. The zero-order chi connectivity index (χ0) is 22.7. The second kappa shape index (κ2) is 10.1. The molecule has 170 valence electrons. The van der Waals surface area contributed by atoms with E-state index in [1.807, 2.05) is 19.1 Å². The summed E-state index contributed by atoms with van der Waals surface area (Å²) in [5.41, 5.74) is 1.69. The van der Waals surface area contributed by atoms with Crippen molar-refractivity contribution in [1.29, 1.82) is 0 Å². The van der Waals surface area contributed by atoms with Crippen LogP contribution < -0.4 is 10.9 Å². The van der Waals surface area contributed by atoms with Crippen LogP contribution in [-0.4, -0.2) is 50.3 Å². The van der Waals surface area contributed by atoms with E-state index < -0.39 is 0 Å². The van der Waals surface area contributed by atoms with Gasteiger partial charge in [0.25, 0.3) is 11.5 Å². The van der Waals surface area contributed by atoms with E-state index in [2.05, 4.69) is 12.2 Å². The fraction of sp³-hybridized carbons (Fsp3) is 0.478. The lowest BCUT2D eigenvalue weighted by Crippen LogP contribution is -2.35. The van der Waals surface area contributed by atoms with Crippen molar-refractivity contribution in [3.63, 3.8) is 0 Å². The van der Waals surface area contributed by atoms with Gasteiger partial charge in [0.1, 0.15) is 15.8 Å². The minimum atomic E-state index is -0.207. The van der Waals surface area contributed by atoms with Gasteiger partial charge in [-0.25, -0.2) is 4.98 Å². The number of aryl methyl sites for hydroxylation is 1. The van der Waals surface area contributed by atoms with Gasteiger partial charge >= 0.3 is 0 Å². The quantitative estimate of drug-likeness (QED) is 0.354. The van der Waals surface area contributed by atoms with E-state index in [4.69, 9.17) is 21.9 Å². The maximum atomic E-state index is 13.4. The van der Waals surface area contributed by atoms with E-state index in [0.717, 1.165) is 44.3 Å². The summed E-state index contributed by atoms with van der Waals surface area (Å²) in [4.78, 5) is 33.2. The van der Waals surface area contributed by atoms with Crippen molar-refractivity contribution in [2.24, 2.45) is 0 Å². The van der Waals surface area contributed by atoms with Crippen molar-refractivity contribution >= 4 is 51.7 Å². The van der Waals surface area contributed by atoms with E-state index in [-0.39, 0.29) is 17.6 Å². The number of nitrogens with zero attached hydrogens (tertiary/aromatic N) is 3. The summed E-state index contributed by atoms with van der Waals surface area (Å²) in [5.74, 6) is 0.325. The number of hydrogen-bond acceptors (Lipinski definition) is 7. The van der Waals surface area contributed by atoms with Crippen LogP contribution >= 0.6 is 24.0 Å². The number of thiocarbonyl (C=S) groups is 1. The van der Waals surface area contributed by atoms with Crippen LogP contribution in [0.3, 0.4) is 0 Å². The fourth-order valence-electron chi connectivity index (χ4n) is 3.94. The van der Waals surface area contributed by atoms with Gasteiger partial charge in [-0.2, -0.15) is 0 Å². The number of hydrogen-bond donors (Lipinski definition) is 1. The Balaban J connectivity index is 1.69. The molecule has 0 bridgehead atoms. The number of fused-ring (bicyclic) bond motifs is 1. The Bertz CT molecular complexity index is 1120. The molecule has 0 aliphatic carbocycles. The number of thioether (sulfide) groups is 1. The number of anilines is 1. The molecular formula is C23H28N4O3S2. The van der Waals surface area contributed by atoms with Crippen LogP contribution in [0.1, 0.15) is 50.2 Å². The third-order valence-electron chi connectivity index (χ3n) is 5.72. The average molecular weight is 473 g/mol. The number of amides is 1. The third-order valence-corrected chi connectivity index (χ3v) is 7.09. The van der Waals surface area contributed by atoms with Crippen molar-refractivity contribution in [3.05, 3.63) is 44.7 Å². The highest BCUT2D eigenvalue weighted by atomic mass is 32.2. The Morgan fingerprint density at radius 3 is 2.97 bits per heavy atom. The van der Waals surface area contributed by atoms with Crippen LogP contribution in [-0.2, 0) is 9.53 Å². The molecule has 1 atom stereocenters. The molecular weight excluding hydrogens is 444 g/mol. The molecule has 0 radical (unpaired) electrons. The first-order chi connectivity index (χ1) is 15.5. The number of nitrogens with one attached hydrogen (secondary N) is 1. The molecule has 1 unspecified atom stereocenters. The molecule has 32 heavy (non-hydrogen) atoms. The Morgan fingerprint density at radius 2 is 2.22 bits per heavy atom. The van der Waals surface area contributed by atoms with Gasteiger partial charge in [0.05, 0.1) is 23.1 Å². The first-order valence-corrected chi connectivity index (χ1v) is 12.3. The van der Waals surface area contributed by atoms with E-state index in [1.165, 1.54) is 16.2 Å². The van der Waals surface area contributed by atoms with Crippen molar-refractivity contribution in [3.8, 4) is 0 Å². The molecule has 2 aliphatic rings. The molecule has 7 nitrogen and oxygen atoms in total. The summed E-state index contributed by atoms with van der Waals surface area (Å²) in [6.07, 6.45) is 8.47. The lowest BCUT2D eigenvalue weighted by atomic mass is 10.2. The number of carbonyl (C=O) groups excluding carboxylic acids is 1. The molecule has 2 aliphatic heterocycles. The van der Waals surface area contributed by atoms with E-state index in [1.54, 1.807) is 17.2 Å². The highest BCUT2D eigenvalue weighted by molar-refractivity contribution is 8.26. The van der Waals surface area contributed by atoms with Gasteiger partial charge in [0, 0.05) is 19.3 Å². The largest absolute Gasteiger partial charge is 0.376 e. The van der Waals surface area contributed by atoms with Gasteiger partial charge in [-0.15, -0.1) is 0 Å². The number of unbranched alkanes of at least 4 members (excludes halogenated alkanes) is 2. The molecule has 2 aromatic rings. The van der Waals surface area contributed by atoms with Gasteiger partial charge in [0.15, 0.2) is 0 Å². The normalized spacial score (nSPS) is 20.1. The monoisotopic (exact) mass is 472 g/mol. The maximum Gasteiger partial charge on any atom is 0.267 e. The van der Waals surface area contributed by atoms with Crippen molar-refractivity contribution < 1.29 is 9.53 Å². The zero-order valence-corrected chi connectivity index (χ0v) is 20.1. The van der Waals surface area contributed by atoms with Crippen LogP contribution in [0.15, 0.2) is 28.0 Å². The number of pyridine rings is 1. The van der Waals surface area contributed by atoms with Crippen molar-refractivity contribution in [1.82, 2.24) is 14.3 Å². The van der Waals surface area contributed by atoms with E-state index in [0.29, 0.717) is 39.3 Å². The smallest absolute Gasteiger partial charge is 0.267 e. The minimum Gasteiger partial charge on any atom is -0.376 e. The topological polar surface area (TPSA) is 75.9 Å². The third kappa shape index (κ3) is 4.74. The molecule has 4 rings (SSSR count). The fourth-order valence-corrected chi connectivity index (χ4v) is 5.20. The molecule has 0 saturated carbocycles. The van der Waals surface area contributed by atoms with Crippen LogP contribution in [0, 0.1) is 6.92 Å². The molecule has 0 spiro atoms. The number of carbonyl (C=O) groups is 1. The van der Waals surface area contributed by atoms with Crippen molar-refractivity contribution in [2.45, 2.75) is 52.1 Å². The number of aromatic nitrogens is 2. The molecule has 2 aromatic heterocycles. The summed E-state index contributed by atoms with van der Waals surface area (Å²) >= 11 is 6.69. The lowest BCUT2D eigenvalue weighted by Gasteiger charge is -2.18. The predicted octanol–water partition coefficient (Wildman–Crippen LogP) is 3.99. The summed E-state index contributed by atoms with van der Waals surface area (Å²) in [6, 6.07) is 3.75. The van der Waals surface area contributed by atoms with E-state index in [9.17, 15) is 9.59 Å². The molecule has 2 fully saturated rings. The molecule has 1 N–H and O–H groups in total. The second-order valence-electron chi connectivity index (χ2n) is 8.13. The van der Waals surface area contributed by atoms with Crippen LogP contribution in [0.2, 0.25) is 0 Å². The molecule has 4 heterocycles. The SMILES string of the molecule is CCCCCNc1nc2c(C)cccn2c(=O)c1C=C1SC(=S)N(CC2CCCO2)C1=O. The van der Waals surface area contributed by atoms with Crippen LogP contribution in [0.5, 0.6) is 0 Å². The highest BCUT2D eigenvalue weighted by Crippen LogP contribution is 2.34. The number of ether oxygens (including phenoxy) is 1. The maximum absolute atomic E-state index is 13.4. The second-order valence-corrected chi connectivity index (χ2v) is 9.80. The molecule has 2 saturated heterocycles. The summed E-state index contributed by atoms with van der Waals surface area (Å²) in [5, 5.41) is 3.32. The molecule has 1 amide bonds.